The molecule has 1 unspecified atom stereocenters. The van der Waals surface area contributed by atoms with Crippen molar-refractivity contribution in [2.24, 2.45) is 0 Å². The largest absolute Gasteiger partial charge is 0.394 e. The number of carbonyl (C=O) groups excluding carboxylic acids is 1. The first-order valence-electron chi connectivity index (χ1n) is 5.62. The summed E-state index contributed by atoms with van der Waals surface area (Å²) >= 11 is 0. The summed E-state index contributed by atoms with van der Waals surface area (Å²) in [7, 11) is 0. The van der Waals surface area contributed by atoms with Crippen LogP contribution < -0.4 is 0 Å². The molecule has 1 heterocycles. The Morgan fingerprint density at radius 1 is 1.39 bits per heavy atom. The highest BCUT2D eigenvalue weighted by molar-refractivity contribution is 5.74. The van der Waals surface area contributed by atoms with Crippen molar-refractivity contribution in [3.05, 3.63) is 12.7 Å². The van der Waals surface area contributed by atoms with E-state index in [2.05, 4.69) is 6.58 Å². The maximum atomic E-state index is 11.5. The van der Waals surface area contributed by atoms with E-state index < -0.39 is 43.2 Å². The number of hydrogen-bond acceptors (Lipinski definition) is 6. The van der Waals surface area contributed by atoms with Gasteiger partial charge in [0.2, 0.25) is 5.91 Å². The van der Waals surface area contributed by atoms with E-state index in [1.54, 1.807) is 0 Å². The molecule has 1 aliphatic rings. The average Bonchev–Trinajstić information content (AvgIpc) is 2.32. The van der Waals surface area contributed by atoms with Gasteiger partial charge < -0.3 is 30.1 Å². The Labute approximate surface area is 105 Å². The molecule has 7 nitrogen and oxygen atoms in total. The molecule has 0 spiro atoms. The van der Waals surface area contributed by atoms with Crippen molar-refractivity contribution in [2.45, 2.75) is 37.6 Å². The van der Waals surface area contributed by atoms with E-state index in [0.29, 0.717) is 0 Å². The van der Waals surface area contributed by atoms with Crippen LogP contribution >= 0.6 is 0 Å². The minimum absolute atomic E-state index is 0.105. The fourth-order valence-electron chi connectivity index (χ4n) is 2.02. The second-order valence-corrected chi connectivity index (χ2v) is 4.18. The summed E-state index contributed by atoms with van der Waals surface area (Å²) in [6.45, 7) is 4.32. The van der Waals surface area contributed by atoms with Crippen LogP contribution in [0.5, 0.6) is 0 Å². The molecule has 104 valence electrons. The van der Waals surface area contributed by atoms with E-state index >= 15 is 0 Å². The van der Waals surface area contributed by atoms with Gasteiger partial charge in [0.25, 0.3) is 0 Å². The van der Waals surface area contributed by atoms with Gasteiger partial charge in [0, 0.05) is 13.5 Å². The lowest BCUT2D eigenvalue weighted by Gasteiger charge is -2.44. The molecule has 1 amide bonds. The third-order valence-corrected chi connectivity index (χ3v) is 2.96. The van der Waals surface area contributed by atoms with Crippen molar-refractivity contribution in [1.82, 2.24) is 4.90 Å². The SMILES string of the molecule is C=CCN(C(C)=O)[C@H]1C(O)O[C@H](CO)[C@@H](O)[C@@H]1O. The second kappa shape index (κ2) is 6.26. The summed E-state index contributed by atoms with van der Waals surface area (Å²) < 4.78 is 4.98. The van der Waals surface area contributed by atoms with E-state index in [4.69, 9.17) is 9.84 Å². The highest BCUT2D eigenvalue weighted by Gasteiger charge is 2.46. The molecule has 0 aromatic rings. The molecule has 0 aromatic heterocycles. The molecule has 4 N–H and O–H groups in total. The highest BCUT2D eigenvalue weighted by Crippen LogP contribution is 2.24. The minimum Gasteiger partial charge on any atom is -0.394 e. The van der Waals surface area contributed by atoms with Crippen LogP contribution in [0.25, 0.3) is 0 Å². The van der Waals surface area contributed by atoms with Crippen LogP contribution in [0.4, 0.5) is 0 Å². The Hall–Kier alpha value is -0.990. The van der Waals surface area contributed by atoms with Crippen molar-refractivity contribution in [1.29, 1.82) is 0 Å². The molecule has 1 aliphatic heterocycles. The fraction of sp³-hybridized carbons (Fsp3) is 0.727. The molecule has 5 atom stereocenters. The number of carbonyl (C=O) groups is 1. The van der Waals surface area contributed by atoms with E-state index in [0.717, 1.165) is 4.90 Å². The summed E-state index contributed by atoms with van der Waals surface area (Å²) in [6.07, 6.45) is -3.91. The van der Waals surface area contributed by atoms with Gasteiger partial charge in [-0.25, -0.2) is 0 Å². The first-order valence-corrected chi connectivity index (χ1v) is 5.62. The number of hydrogen-bond donors (Lipinski definition) is 4. The molecule has 18 heavy (non-hydrogen) atoms. The van der Waals surface area contributed by atoms with Crippen LogP contribution in [-0.2, 0) is 9.53 Å². The van der Waals surface area contributed by atoms with Gasteiger partial charge in [-0.3, -0.25) is 4.79 Å². The number of rotatable bonds is 4. The van der Waals surface area contributed by atoms with Crippen molar-refractivity contribution in [3.63, 3.8) is 0 Å². The standard InChI is InChI=1S/C11H19NO6/c1-3-4-12(6(2)14)8-10(16)9(15)7(5-13)18-11(8)17/h3,7-11,13,15-17H,1,4-5H2,2H3/t7-,8-,9-,10-,11?/m1/s1. The van der Waals surface area contributed by atoms with E-state index in [1.807, 2.05) is 0 Å². The Balaban J connectivity index is 2.92. The zero-order valence-corrected chi connectivity index (χ0v) is 10.1. The predicted molar refractivity (Wildman–Crippen MR) is 61.4 cm³/mol. The Morgan fingerprint density at radius 2 is 2.00 bits per heavy atom. The van der Waals surface area contributed by atoms with Crippen molar-refractivity contribution >= 4 is 5.91 Å². The lowest BCUT2D eigenvalue weighted by Crippen LogP contribution is -2.64. The minimum atomic E-state index is -1.48. The van der Waals surface area contributed by atoms with Gasteiger partial charge in [0.1, 0.15) is 24.4 Å². The zero-order valence-electron chi connectivity index (χ0n) is 10.1. The normalized spacial score (nSPS) is 36.2. The van der Waals surface area contributed by atoms with Gasteiger partial charge in [0.15, 0.2) is 6.29 Å². The number of nitrogens with zero attached hydrogens (tertiary/aromatic N) is 1. The van der Waals surface area contributed by atoms with Crippen molar-refractivity contribution in [3.8, 4) is 0 Å². The van der Waals surface area contributed by atoms with Gasteiger partial charge in [-0.2, -0.15) is 0 Å². The maximum Gasteiger partial charge on any atom is 0.220 e. The van der Waals surface area contributed by atoms with Crippen LogP contribution in [0.2, 0.25) is 0 Å². The molecule has 0 radical (unpaired) electrons. The Kier molecular flexibility index (Phi) is 5.24. The average molecular weight is 261 g/mol. The van der Waals surface area contributed by atoms with Gasteiger partial charge >= 0.3 is 0 Å². The van der Waals surface area contributed by atoms with Gasteiger partial charge in [-0.05, 0) is 0 Å². The summed E-state index contributed by atoms with van der Waals surface area (Å²) in [5, 5.41) is 38.3. The van der Waals surface area contributed by atoms with Gasteiger partial charge in [-0.1, -0.05) is 6.08 Å². The van der Waals surface area contributed by atoms with Gasteiger partial charge in [-0.15, -0.1) is 6.58 Å². The number of aliphatic hydroxyl groups excluding tert-OH is 4. The molecule has 7 heteroatoms. The summed E-state index contributed by atoms with van der Waals surface area (Å²) in [4.78, 5) is 12.6. The lowest BCUT2D eigenvalue weighted by atomic mass is 9.95. The first-order chi connectivity index (χ1) is 8.43. The third-order valence-electron chi connectivity index (χ3n) is 2.96. The smallest absolute Gasteiger partial charge is 0.220 e. The Bertz CT molecular complexity index is 310. The summed E-state index contributed by atoms with van der Waals surface area (Å²) in [6, 6.07) is -1.10. The lowest BCUT2D eigenvalue weighted by molar-refractivity contribution is -0.269. The third kappa shape index (κ3) is 2.88. The van der Waals surface area contributed by atoms with E-state index in [9.17, 15) is 20.1 Å². The highest BCUT2D eigenvalue weighted by atomic mass is 16.6. The predicted octanol–water partition coefficient (Wildman–Crippen LogP) is -2.18. The Morgan fingerprint density at radius 3 is 2.44 bits per heavy atom. The molecule has 0 aromatic carbocycles. The topological polar surface area (TPSA) is 110 Å². The quantitative estimate of drug-likeness (QED) is 0.428. The van der Waals surface area contributed by atoms with Crippen LogP contribution in [-0.4, -0.2) is 75.0 Å². The van der Waals surface area contributed by atoms with Crippen LogP contribution in [0.3, 0.4) is 0 Å². The molecule has 1 rings (SSSR count). The van der Waals surface area contributed by atoms with E-state index in [-0.39, 0.29) is 6.54 Å². The maximum absolute atomic E-state index is 11.5. The molecule has 0 aliphatic carbocycles. The fourth-order valence-corrected chi connectivity index (χ4v) is 2.02. The summed E-state index contributed by atoms with van der Waals surface area (Å²) in [5.41, 5.74) is 0. The first kappa shape index (κ1) is 15.1. The van der Waals surface area contributed by atoms with Crippen LogP contribution in [0.15, 0.2) is 12.7 Å². The zero-order chi connectivity index (χ0) is 13.9. The number of amides is 1. The summed E-state index contributed by atoms with van der Waals surface area (Å²) in [5.74, 6) is -0.392. The van der Waals surface area contributed by atoms with Crippen molar-refractivity contribution in [2.75, 3.05) is 13.2 Å². The molecule has 1 saturated heterocycles. The monoisotopic (exact) mass is 261 g/mol. The van der Waals surface area contributed by atoms with E-state index in [1.165, 1.54) is 13.0 Å². The van der Waals surface area contributed by atoms with Gasteiger partial charge in [0.05, 0.1) is 6.61 Å². The number of ether oxygens (including phenoxy) is 1. The molecular weight excluding hydrogens is 242 g/mol. The van der Waals surface area contributed by atoms with Crippen LogP contribution in [0.1, 0.15) is 6.92 Å². The van der Waals surface area contributed by atoms with Crippen LogP contribution in [0, 0.1) is 0 Å². The second-order valence-electron chi connectivity index (χ2n) is 4.18. The van der Waals surface area contributed by atoms with Crippen molar-refractivity contribution < 1.29 is 30.0 Å². The molecular formula is C11H19NO6. The molecule has 0 bridgehead atoms. The molecule has 1 fully saturated rings. The molecule has 0 saturated carbocycles. The number of aliphatic hydroxyl groups is 4.